The van der Waals surface area contributed by atoms with Gasteiger partial charge < -0.3 is 5.32 Å². The molecule has 0 aliphatic heterocycles. The van der Waals surface area contributed by atoms with Gasteiger partial charge in [-0.1, -0.05) is 6.58 Å². The van der Waals surface area contributed by atoms with Crippen molar-refractivity contribution in [2.24, 2.45) is 0 Å². The maximum atomic E-state index is 10.7. The minimum absolute atomic E-state index is 0.0553. The molecular formula is C8H12NO. The van der Waals surface area contributed by atoms with E-state index in [-0.39, 0.29) is 5.91 Å². The molecule has 10 heavy (non-hydrogen) atoms. The standard InChI is InChI=1S/C8H12NO/c1-2-8(10)9-7-5-3-4-6-7/h2-3,7H,1,4-6H2,(H,9,10). The first kappa shape index (κ1) is 7.32. The average Bonchev–Trinajstić information content (AvgIpc) is 2.40. The molecule has 0 saturated heterocycles. The van der Waals surface area contributed by atoms with E-state index in [4.69, 9.17) is 0 Å². The molecule has 1 amide bonds. The summed E-state index contributed by atoms with van der Waals surface area (Å²) >= 11 is 0. The molecule has 1 unspecified atom stereocenters. The molecule has 0 aromatic carbocycles. The van der Waals surface area contributed by atoms with Gasteiger partial charge in [-0.25, -0.2) is 0 Å². The van der Waals surface area contributed by atoms with Crippen molar-refractivity contribution in [1.29, 1.82) is 0 Å². The number of amides is 1. The summed E-state index contributed by atoms with van der Waals surface area (Å²) in [5.74, 6) is -0.0553. The van der Waals surface area contributed by atoms with Crippen LogP contribution in [0.25, 0.3) is 0 Å². The van der Waals surface area contributed by atoms with E-state index in [1.807, 2.05) is 0 Å². The average molecular weight is 138 g/mol. The second-order valence-electron chi connectivity index (χ2n) is 2.51. The summed E-state index contributed by atoms with van der Waals surface area (Å²) in [6.07, 6.45) is 6.74. The van der Waals surface area contributed by atoms with Gasteiger partial charge in [-0.15, -0.1) is 0 Å². The van der Waals surface area contributed by atoms with E-state index in [1.54, 1.807) is 0 Å². The molecular weight excluding hydrogens is 126 g/mol. The molecule has 1 rings (SSSR count). The fourth-order valence-corrected chi connectivity index (χ4v) is 1.15. The molecule has 0 spiro atoms. The third-order valence-corrected chi connectivity index (χ3v) is 1.70. The predicted octanol–water partition coefficient (Wildman–Crippen LogP) is 1.05. The van der Waals surface area contributed by atoms with Crippen LogP contribution in [0.3, 0.4) is 0 Å². The van der Waals surface area contributed by atoms with Gasteiger partial charge in [-0.05, 0) is 31.8 Å². The van der Waals surface area contributed by atoms with Crippen LogP contribution in [0.1, 0.15) is 19.3 Å². The number of nitrogens with one attached hydrogen (secondary N) is 1. The smallest absolute Gasteiger partial charge is 0.243 e. The van der Waals surface area contributed by atoms with Crippen LogP contribution >= 0.6 is 0 Å². The van der Waals surface area contributed by atoms with Gasteiger partial charge in [-0.3, -0.25) is 4.79 Å². The molecule has 1 N–H and O–H groups in total. The Kier molecular flexibility index (Phi) is 2.49. The quantitative estimate of drug-likeness (QED) is 0.568. The fraction of sp³-hybridized carbons (Fsp3) is 0.500. The van der Waals surface area contributed by atoms with Crippen LogP contribution in [0.2, 0.25) is 0 Å². The van der Waals surface area contributed by atoms with Crippen molar-refractivity contribution < 1.29 is 4.79 Å². The van der Waals surface area contributed by atoms with Crippen LogP contribution < -0.4 is 5.32 Å². The van der Waals surface area contributed by atoms with Gasteiger partial charge in [0.25, 0.3) is 0 Å². The molecule has 1 fully saturated rings. The van der Waals surface area contributed by atoms with Crippen molar-refractivity contribution in [2.45, 2.75) is 25.3 Å². The zero-order valence-electron chi connectivity index (χ0n) is 5.97. The number of hydrogen-bond acceptors (Lipinski definition) is 1. The summed E-state index contributed by atoms with van der Waals surface area (Å²) in [7, 11) is 0. The highest BCUT2D eigenvalue weighted by molar-refractivity contribution is 5.87. The zero-order valence-corrected chi connectivity index (χ0v) is 5.97. The molecule has 1 radical (unpaired) electrons. The van der Waals surface area contributed by atoms with Gasteiger partial charge in [0.15, 0.2) is 0 Å². The summed E-state index contributed by atoms with van der Waals surface area (Å²) in [5, 5.41) is 2.84. The van der Waals surface area contributed by atoms with Gasteiger partial charge in [0.2, 0.25) is 5.91 Å². The van der Waals surface area contributed by atoms with E-state index in [9.17, 15) is 4.79 Å². The lowest BCUT2D eigenvalue weighted by molar-refractivity contribution is -0.117. The van der Waals surface area contributed by atoms with Gasteiger partial charge >= 0.3 is 0 Å². The molecule has 0 bridgehead atoms. The Morgan fingerprint density at radius 1 is 1.80 bits per heavy atom. The molecule has 1 aliphatic rings. The van der Waals surface area contributed by atoms with Crippen LogP contribution in [-0.2, 0) is 4.79 Å². The highest BCUT2D eigenvalue weighted by Gasteiger charge is 2.15. The minimum Gasteiger partial charge on any atom is -0.350 e. The Morgan fingerprint density at radius 2 is 2.60 bits per heavy atom. The molecule has 2 nitrogen and oxygen atoms in total. The largest absolute Gasteiger partial charge is 0.350 e. The van der Waals surface area contributed by atoms with Crippen molar-refractivity contribution >= 4 is 5.91 Å². The number of carbonyl (C=O) groups is 1. The van der Waals surface area contributed by atoms with E-state index < -0.39 is 0 Å². The third-order valence-electron chi connectivity index (χ3n) is 1.70. The van der Waals surface area contributed by atoms with Crippen molar-refractivity contribution in [1.82, 2.24) is 5.32 Å². The monoisotopic (exact) mass is 138 g/mol. The van der Waals surface area contributed by atoms with Crippen LogP contribution in [0.15, 0.2) is 12.7 Å². The highest BCUT2D eigenvalue weighted by atomic mass is 16.1. The number of carbonyl (C=O) groups excluding carboxylic acids is 1. The molecule has 55 valence electrons. The summed E-state index contributed by atoms with van der Waals surface area (Å²) in [4.78, 5) is 10.7. The normalized spacial score (nSPS) is 18.8. The Hall–Kier alpha value is -0.790. The minimum atomic E-state index is -0.0553. The summed E-state index contributed by atoms with van der Waals surface area (Å²) in [6, 6.07) is 0.366. The maximum absolute atomic E-state index is 10.7. The summed E-state index contributed by atoms with van der Waals surface area (Å²) < 4.78 is 0. The highest BCUT2D eigenvalue weighted by Crippen LogP contribution is 2.16. The second-order valence-corrected chi connectivity index (χ2v) is 2.51. The summed E-state index contributed by atoms with van der Waals surface area (Å²) in [5.41, 5.74) is 0. The Bertz CT molecular complexity index is 136. The lowest BCUT2D eigenvalue weighted by atomic mass is 10.2. The van der Waals surface area contributed by atoms with E-state index in [0.29, 0.717) is 6.04 Å². The second kappa shape index (κ2) is 3.40. The predicted molar refractivity (Wildman–Crippen MR) is 40.3 cm³/mol. The first-order chi connectivity index (χ1) is 4.83. The molecule has 2 heteroatoms. The Labute approximate surface area is 61.3 Å². The first-order valence-electron chi connectivity index (χ1n) is 3.57. The van der Waals surface area contributed by atoms with E-state index in [1.165, 1.54) is 6.08 Å². The van der Waals surface area contributed by atoms with Gasteiger partial charge in [0.1, 0.15) is 0 Å². The van der Waals surface area contributed by atoms with Crippen LogP contribution in [0, 0.1) is 6.42 Å². The van der Waals surface area contributed by atoms with Crippen molar-refractivity contribution in [3.8, 4) is 0 Å². The Morgan fingerprint density at radius 3 is 3.10 bits per heavy atom. The topological polar surface area (TPSA) is 29.1 Å². The van der Waals surface area contributed by atoms with Gasteiger partial charge in [-0.2, -0.15) is 0 Å². The van der Waals surface area contributed by atoms with Crippen molar-refractivity contribution in [3.63, 3.8) is 0 Å². The van der Waals surface area contributed by atoms with E-state index in [2.05, 4.69) is 18.3 Å². The van der Waals surface area contributed by atoms with E-state index >= 15 is 0 Å². The third kappa shape index (κ3) is 1.87. The van der Waals surface area contributed by atoms with Crippen molar-refractivity contribution in [3.05, 3.63) is 19.1 Å². The molecule has 0 aromatic rings. The molecule has 0 heterocycles. The molecule has 0 aromatic heterocycles. The molecule has 1 atom stereocenters. The maximum Gasteiger partial charge on any atom is 0.243 e. The number of rotatable bonds is 2. The molecule has 1 aliphatic carbocycles. The summed E-state index contributed by atoms with van der Waals surface area (Å²) in [6.45, 7) is 3.38. The van der Waals surface area contributed by atoms with Crippen molar-refractivity contribution in [2.75, 3.05) is 0 Å². The molecule has 1 saturated carbocycles. The first-order valence-corrected chi connectivity index (χ1v) is 3.57. The van der Waals surface area contributed by atoms with Gasteiger partial charge in [0.05, 0.1) is 0 Å². The lowest BCUT2D eigenvalue weighted by Crippen LogP contribution is -2.30. The van der Waals surface area contributed by atoms with Crippen LogP contribution in [-0.4, -0.2) is 11.9 Å². The Balaban J connectivity index is 2.23. The fourth-order valence-electron chi connectivity index (χ4n) is 1.15. The SMILES string of the molecule is C=CC(=O)NC1C[CH]CC1. The van der Waals surface area contributed by atoms with Gasteiger partial charge in [0, 0.05) is 6.04 Å². The van der Waals surface area contributed by atoms with Crippen LogP contribution in [0.5, 0.6) is 0 Å². The van der Waals surface area contributed by atoms with Crippen LogP contribution in [0.4, 0.5) is 0 Å². The number of hydrogen-bond donors (Lipinski definition) is 1. The lowest BCUT2D eigenvalue weighted by Gasteiger charge is -2.08. The van der Waals surface area contributed by atoms with E-state index in [0.717, 1.165) is 19.3 Å². The zero-order chi connectivity index (χ0) is 7.40.